The molecule has 2 N–H and O–H groups in total. The predicted octanol–water partition coefficient (Wildman–Crippen LogP) is 7.87. The van der Waals surface area contributed by atoms with Gasteiger partial charge in [-0.15, -0.1) is 0 Å². The molecule has 1 aliphatic heterocycles. The minimum atomic E-state index is -2.64. The van der Waals surface area contributed by atoms with Crippen LogP contribution in [0, 0.1) is 12.7 Å². The lowest BCUT2D eigenvalue weighted by Crippen LogP contribution is -2.26. The molecule has 1 fully saturated rings. The highest BCUT2D eigenvalue weighted by Crippen LogP contribution is 2.34. The molecule has 8 heteroatoms. The number of likely N-dealkylation sites (tertiary alicyclic amines) is 1. The molecule has 0 unspecified atom stereocenters. The first-order valence-electron chi connectivity index (χ1n) is 13.4. The smallest absolute Gasteiger partial charge is 0.261 e. The van der Waals surface area contributed by atoms with Crippen molar-refractivity contribution in [1.82, 2.24) is 25.1 Å². The molecule has 0 saturated carbocycles. The number of aromatic amines is 2. The lowest BCUT2D eigenvalue weighted by atomic mass is 9.97. The van der Waals surface area contributed by atoms with Gasteiger partial charge >= 0.3 is 0 Å². The number of alkyl halides is 2. The van der Waals surface area contributed by atoms with Crippen molar-refractivity contribution in [3.8, 4) is 11.4 Å². The number of nitrogens with zero attached hydrogens (tertiary/aromatic N) is 3. The van der Waals surface area contributed by atoms with Gasteiger partial charge in [0.05, 0.1) is 17.9 Å². The molecule has 1 saturated heterocycles. The first-order valence-corrected chi connectivity index (χ1v) is 13.4. The largest absolute Gasteiger partial charge is 0.357 e. The van der Waals surface area contributed by atoms with Crippen LogP contribution < -0.4 is 0 Å². The Morgan fingerprint density at radius 3 is 2.59 bits per heavy atom. The molecule has 5 rings (SSSR count). The van der Waals surface area contributed by atoms with Crippen molar-refractivity contribution in [2.24, 2.45) is 0 Å². The molecule has 0 aliphatic carbocycles. The summed E-state index contributed by atoms with van der Waals surface area (Å²) >= 11 is 0. The maximum absolute atomic E-state index is 13.7. The summed E-state index contributed by atoms with van der Waals surface area (Å²) in [4.78, 5) is 9.79. The number of fused-ring (bicyclic) bond motifs is 1. The Labute approximate surface area is 237 Å². The maximum Gasteiger partial charge on any atom is 0.261 e. The van der Waals surface area contributed by atoms with Gasteiger partial charge in [-0.25, -0.2) is 18.2 Å². The first kappa shape index (κ1) is 28.1. The molecule has 3 aromatic heterocycles. The first-order chi connectivity index (χ1) is 19.7. The van der Waals surface area contributed by atoms with E-state index in [1.165, 1.54) is 12.1 Å². The van der Waals surface area contributed by atoms with E-state index in [0.717, 1.165) is 55.9 Å². The Balaban J connectivity index is 1.48. The van der Waals surface area contributed by atoms with Gasteiger partial charge in [0.25, 0.3) is 5.92 Å². The second-order valence-electron chi connectivity index (χ2n) is 10.2. The molecule has 0 bridgehead atoms. The molecule has 4 heterocycles. The molecule has 0 atom stereocenters. The van der Waals surface area contributed by atoms with Crippen molar-refractivity contribution < 1.29 is 13.2 Å². The fourth-order valence-electron chi connectivity index (χ4n) is 5.23. The minimum Gasteiger partial charge on any atom is -0.357 e. The Hall–Kier alpha value is -4.43. The number of hydrogen-bond donors (Lipinski definition) is 2. The Kier molecular flexibility index (Phi) is 7.94. The normalized spacial score (nSPS) is 16.5. The van der Waals surface area contributed by atoms with Crippen LogP contribution in [0.25, 0.3) is 33.6 Å². The number of aromatic nitrogens is 4. The fraction of sp³-hybridized carbons (Fsp3) is 0.212. The van der Waals surface area contributed by atoms with Gasteiger partial charge in [0, 0.05) is 47.9 Å². The fourth-order valence-corrected chi connectivity index (χ4v) is 5.23. The number of halogens is 3. The third-order valence-corrected chi connectivity index (χ3v) is 7.33. The monoisotopic (exact) mass is 555 g/mol. The molecule has 41 heavy (non-hydrogen) atoms. The van der Waals surface area contributed by atoms with Gasteiger partial charge in [-0.3, -0.25) is 10.00 Å². The van der Waals surface area contributed by atoms with Gasteiger partial charge in [0.2, 0.25) is 0 Å². The van der Waals surface area contributed by atoms with Gasteiger partial charge in [-0.1, -0.05) is 55.7 Å². The molecular formula is C33H32F3N5. The van der Waals surface area contributed by atoms with Crippen LogP contribution in [-0.2, 0) is 0 Å². The summed E-state index contributed by atoms with van der Waals surface area (Å²) in [5.41, 5.74) is 8.49. The summed E-state index contributed by atoms with van der Waals surface area (Å²) in [7, 11) is 0. The summed E-state index contributed by atoms with van der Waals surface area (Å²) in [6, 6.07) is 10.4. The van der Waals surface area contributed by atoms with Crippen molar-refractivity contribution in [2.75, 3.05) is 19.6 Å². The molecule has 0 spiro atoms. The molecule has 5 nitrogen and oxygen atoms in total. The number of H-pyrrole nitrogens is 2. The van der Waals surface area contributed by atoms with Crippen LogP contribution in [0.2, 0.25) is 0 Å². The van der Waals surface area contributed by atoms with Crippen molar-refractivity contribution in [3.05, 3.63) is 120 Å². The van der Waals surface area contributed by atoms with E-state index in [9.17, 15) is 13.2 Å². The third kappa shape index (κ3) is 6.02. The quantitative estimate of drug-likeness (QED) is 0.207. The summed E-state index contributed by atoms with van der Waals surface area (Å²) in [6.45, 7) is 12.2. The molecular weight excluding hydrogens is 523 g/mol. The van der Waals surface area contributed by atoms with Gasteiger partial charge in [0.1, 0.15) is 5.82 Å². The number of aryl methyl sites for hydroxylation is 1. The average molecular weight is 556 g/mol. The zero-order valence-corrected chi connectivity index (χ0v) is 23.1. The number of allylic oxidation sites excluding steroid dienone is 5. The van der Waals surface area contributed by atoms with E-state index >= 15 is 0 Å². The van der Waals surface area contributed by atoms with Crippen molar-refractivity contribution >= 4 is 22.2 Å². The average Bonchev–Trinajstić information content (AvgIpc) is 3.65. The summed E-state index contributed by atoms with van der Waals surface area (Å²) < 4.78 is 41.0. The molecule has 0 radical (unpaired) electrons. The second-order valence-corrected chi connectivity index (χ2v) is 10.2. The van der Waals surface area contributed by atoms with E-state index in [4.69, 9.17) is 0 Å². The van der Waals surface area contributed by atoms with Crippen LogP contribution in [0.1, 0.15) is 35.7 Å². The maximum atomic E-state index is 13.7. The SMILES string of the molecule is C=C/C=C(/c1ccc(F)cc1)c1cc(-c2[nH]nc3ncc(C(/C=C(\C=C)CN4CCC(F)(F)C4)=C/C)cc23)[nH]c1C. The van der Waals surface area contributed by atoms with E-state index in [-0.39, 0.29) is 18.8 Å². The Morgan fingerprint density at radius 1 is 1.15 bits per heavy atom. The van der Waals surface area contributed by atoms with E-state index in [0.29, 0.717) is 18.7 Å². The van der Waals surface area contributed by atoms with Crippen molar-refractivity contribution in [2.45, 2.75) is 26.2 Å². The van der Waals surface area contributed by atoms with Crippen LogP contribution in [0.3, 0.4) is 0 Å². The van der Waals surface area contributed by atoms with Crippen LogP contribution >= 0.6 is 0 Å². The second kappa shape index (κ2) is 11.6. The highest BCUT2D eigenvalue weighted by Gasteiger charge is 2.37. The predicted molar refractivity (Wildman–Crippen MR) is 160 cm³/mol. The van der Waals surface area contributed by atoms with Crippen molar-refractivity contribution in [1.29, 1.82) is 0 Å². The van der Waals surface area contributed by atoms with Gasteiger partial charge in [-0.2, -0.15) is 5.10 Å². The Bertz CT molecular complexity index is 1690. The number of pyridine rings is 1. The van der Waals surface area contributed by atoms with Crippen LogP contribution in [0.5, 0.6) is 0 Å². The lowest BCUT2D eigenvalue weighted by Gasteiger charge is -2.16. The van der Waals surface area contributed by atoms with E-state index in [1.807, 2.05) is 44.2 Å². The molecule has 4 aromatic rings. The summed E-state index contributed by atoms with van der Waals surface area (Å²) in [6.07, 6.45) is 10.9. The van der Waals surface area contributed by atoms with Gasteiger partial charge in [-0.05, 0) is 60.4 Å². The highest BCUT2D eigenvalue weighted by molar-refractivity contribution is 5.94. The lowest BCUT2D eigenvalue weighted by molar-refractivity contribution is 0.0131. The standard InChI is InChI=1S/C33H32F3N5/c1-5-8-27(24-9-11-26(34)12-10-24)28-17-30(38-21(28)4)31-29-16-25(18-37-32(29)40-39-31)23(7-3)15-22(6-2)19-41-14-13-33(35,36)20-41/h5-12,15-18,38H,1-2,13-14,19-20H2,3-4H3,(H,37,39,40)/b22-15+,23-7+,27-8-. The number of hydrogen-bond acceptors (Lipinski definition) is 3. The van der Waals surface area contributed by atoms with E-state index in [2.05, 4.69) is 33.3 Å². The third-order valence-electron chi connectivity index (χ3n) is 7.33. The minimum absolute atomic E-state index is 0.119. The zero-order valence-electron chi connectivity index (χ0n) is 23.1. The highest BCUT2D eigenvalue weighted by atomic mass is 19.3. The van der Waals surface area contributed by atoms with E-state index < -0.39 is 5.92 Å². The zero-order chi connectivity index (χ0) is 29.1. The van der Waals surface area contributed by atoms with Gasteiger partial charge in [0.15, 0.2) is 5.65 Å². The van der Waals surface area contributed by atoms with Crippen LogP contribution in [-0.4, -0.2) is 50.6 Å². The topological polar surface area (TPSA) is 60.6 Å². The number of benzene rings is 1. The molecule has 1 aromatic carbocycles. The van der Waals surface area contributed by atoms with Crippen molar-refractivity contribution in [3.63, 3.8) is 0 Å². The molecule has 1 aliphatic rings. The van der Waals surface area contributed by atoms with Gasteiger partial charge < -0.3 is 4.98 Å². The van der Waals surface area contributed by atoms with Crippen LogP contribution in [0.15, 0.2) is 91.7 Å². The molecule has 210 valence electrons. The summed E-state index contributed by atoms with van der Waals surface area (Å²) in [5.74, 6) is -2.93. The molecule has 0 amide bonds. The van der Waals surface area contributed by atoms with Crippen LogP contribution in [0.4, 0.5) is 13.2 Å². The number of rotatable bonds is 9. The van der Waals surface area contributed by atoms with E-state index in [1.54, 1.807) is 35.4 Å². The Morgan fingerprint density at radius 2 is 1.93 bits per heavy atom. The number of nitrogens with one attached hydrogen (secondary N) is 2. The summed E-state index contributed by atoms with van der Waals surface area (Å²) in [5, 5.41) is 8.36.